The van der Waals surface area contributed by atoms with Gasteiger partial charge >= 0.3 is 0 Å². The third kappa shape index (κ3) is 3.56. The molecule has 2 rings (SSSR count). The van der Waals surface area contributed by atoms with Crippen molar-refractivity contribution in [1.29, 1.82) is 0 Å². The first-order chi connectivity index (χ1) is 7.94. The van der Waals surface area contributed by atoms with Gasteiger partial charge < -0.3 is 5.32 Å². The summed E-state index contributed by atoms with van der Waals surface area (Å²) < 4.78 is 0. The Labute approximate surface area is 108 Å². The van der Waals surface area contributed by atoms with Crippen molar-refractivity contribution >= 4 is 17.4 Å². The Hall–Kier alpha value is -0.830. The molecule has 4 heteroatoms. The number of anilines is 1. The summed E-state index contributed by atoms with van der Waals surface area (Å²) in [5.74, 6) is 0.854. The van der Waals surface area contributed by atoms with Gasteiger partial charge in [-0.2, -0.15) is 0 Å². The van der Waals surface area contributed by atoms with Crippen LogP contribution in [0, 0.1) is 12.3 Å². The minimum atomic E-state index is 0.323. The lowest BCUT2D eigenvalue weighted by Crippen LogP contribution is -2.30. The summed E-state index contributed by atoms with van der Waals surface area (Å²) >= 11 is 5.85. The molecule has 0 radical (unpaired) electrons. The van der Waals surface area contributed by atoms with Crippen LogP contribution in [0.15, 0.2) is 6.07 Å². The molecule has 1 aromatic rings. The lowest BCUT2D eigenvalue weighted by Gasteiger charge is -2.34. The molecule has 1 aliphatic carbocycles. The summed E-state index contributed by atoms with van der Waals surface area (Å²) in [4.78, 5) is 8.27. The van der Waals surface area contributed by atoms with Gasteiger partial charge in [-0.3, -0.25) is 0 Å². The van der Waals surface area contributed by atoms with Crippen LogP contribution in [0.2, 0.25) is 5.28 Å². The zero-order chi connectivity index (χ0) is 12.5. The van der Waals surface area contributed by atoms with Crippen molar-refractivity contribution in [2.45, 2.75) is 52.5 Å². The highest BCUT2D eigenvalue weighted by Crippen LogP contribution is 2.35. The second kappa shape index (κ2) is 4.81. The van der Waals surface area contributed by atoms with Gasteiger partial charge in [-0.25, -0.2) is 9.97 Å². The van der Waals surface area contributed by atoms with E-state index in [0.29, 0.717) is 16.7 Å². The molecular weight excluding hydrogens is 234 g/mol. The van der Waals surface area contributed by atoms with E-state index in [0.717, 1.165) is 11.5 Å². The molecule has 0 amide bonds. The highest BCUT2D eigenvalue weighted by molar-refractivity contribution is 6.28. The SMILES string of the molecule is Cc1cc(NC2CCC(C)(C)CC2)nc(Cl)n1. The predicted octanol–water partition coefficient (Wildman–Crippen LogP) is 3.82. The maximum Gasteiger partial charge on any atom is 0.224 e. The van der Waals surface area contributed by atoms with E-state index in [1.54, 1.807) is 0 Å². The fraction of sp³-hybridized carbons (Fsp3) is 0.692. The third-order valence-electron chi connectivity index (χ3n) is 3.52. The minimum absolute atomic E-state index is 0.323. The quantitative estimate of drug-likeness (QED) is 0.815. The first-order valence-corrected chi connectivity index (χ1v) is 6.60. The van der Waals surface area contributed by atoms with Gasteiger partial charge in [0.05, 0.1) is 0 Å². The van der Waals surface area contributed by atoms with Gasteiger partial charge in [0.1, 0.15) is 5.82 Å². The highest BCUT2D eigenvalue weighted by atomic mass is 35.5. The summed E-state index contributed by atoms with van der Waals surface area (Å²) in [5, 5.41) is 3.79. The summed E-state index contributed by atoms with van der Waals surface area (Å²) in [7, 11) is 0. The van der Waals surface area contributed by atoms with Crippen LogP contribution in [0.5, 0.6) is 0 Å². The topological polar surface area (TPSA) is 37.8 Å². The molecule has 94 valence electrons. The molecule has 1 fully saturated rings. The van der Waals surface area contributed by atoms with E-state index in [9.17, 15) is 0 Å². The van der Waals surface area contributed by atoms with Crippen LogP contribution >= 0.6 is 11.6 Å². The number of aryl methyl sites for hydroxylation is 1. The van der Waals surface area contributed by atoms with E-state index in [1.807, 2.05) is 13.0 Å². The van der Waals surface area contributed by atoms with Crippen LogP contribution in [0.4, 0.5) is 5.82 Å². The predicted molar refractivity (Wildman–Crippen MR) is 71.4 cm³/mol. The molecule has 0 spiro atoms. The van der Waals surface area contributed by atoms with Crippen LogP contribution in [0.1, 0.15) is 45.2 Å². The minimum Gasteiger partial charge on any atom is -0.367 e. The van der Waals surface area contributed by atoms with Crippen molar-refractivity contribution < 1.29 is 0 Å². The molecule has 17 heavy (non-hydrogen) atoms. The molecule has 0 bridgehead atoms. The van der Waals surface area contributed by atoms with Crippen LogP contribution in [0.3, 0.4) is 0 Å². The Morgan fingerprint density at radius 3 is 2.53 bits per heavy atom. The molecule has 0 saturated heterocycles. The molecule has 0 unspecified atom stereocenters. The van der Waals surface area contributed by atoms with E-state index < -0.39 is 0 Å². The molecule has 1 aliphatic rings. The zero-order valence-corrected chi connectivity index (χ0v) is 11.5. The molecule has 3 nitrogen and oxygen atoms in total. The van der Waals surface area contributed by atoms with Crippen LogP contribution < -0.4 is 5.32 Å². The standard InChI is InChI=1S/C13H20ClN3/c1-9-8-11(17-12(14)15-9)16-10-4-6-13(2,3)7-5-10/h8,10H,4-7H2,1-3H3,(H,15,16,17). The zero-order valence-electron chi connectivity index (χ0n) is 10.8. The van der Waals surface area contributed by atoms with Crippen molar-refractivity contribution in [1.82, 2.24) is 9.97 Å². The number of hydrogen-bond acceptors (Lipinski definition) is 3. The Kier molecular flexibility index (Phi) is 3.57. The van der Waals surface area contributed by atoms with Crippen LogP contribution in [-0.2, 0) is 0 Å². The number of rotatable bonds is 2. The van der Waals surface area contributed by atoms with Gasteiger partial charge in [0.25, 0.3) is 0 Å². The molecule has 1 N–H and O–H groups in total. The average Bonchev–Trinajstić information content (AvgIpc) is 2.20. The van der Waals surface area contributed by atoms with E-state index >= 15 is 0 Å². The number of nitrogens with one attached hydrogen (secondary N) is 1. The Morgan fingerprint density at radius 2 is 1.94 bits per heavy atom. The summed E-state index contributed by atoms with van der Waals surface area (Å²) in [6.45, 7) is 6.62. The van der Waals surface area contributed by atoms with Gasteiger partial charge in [-0.05, 0) is 49.6 Å². The van der Waals surface area contributed by atoms with E-state index in [-0.39, 0.29) is 0 Å². The van der Waals surface area contributed by atoms with E-state index in [2.05, 4.69) is 29.1 Å². The van der Waals surface area contributed by atoms with Crippen molar-refractivity contribution in [3.63, 3.8) is 0 Å². The summed E-state index contributed by atoms with van der Waals surface area (Å²) in [6.07, 6.45) is 4.94. The lowest BCUT2D eigenvalue weighted by molar-refractivity contribution is 0.232. The van der Waals surface area contributed by atoms with Crippen molar-refractivity contribution in [3.8, 4) is 0 Å². The van der Waals surface area contributed by atoms with Gasteiger partial charge in [0.2, 0.25) is 5.28 Å². The molecule has 1 heterocycles. The van der Waals surface area contributed by atoms with E-state index in [4.69, 9.17) is 11.6 Å². The second-order valence-electron chi connectivity index (χ2n) is 5.75. The molecular formula is C13H20ClN3. The number of halogens is 1. The van der Waals surface area contributed by atoms with Crippen LogP contribution in [-0.4, -0.2) is 16.0 Å². The molecule has 1 saturated carbocycles. The largest absolute Gasteiger partial charge is 0.367 e. The first kappa shape index (κ1) is 12.6. The second-order valence-corrected chi connectivity index (χ2v) is 6.08. The van der Waals surface area contributed by atoms with Gasteiger partial charge in [-0.15, -0.1) is 0 Å². The van der Waals surface area contributed by atoms with Gasteiger partial charge in [0.15, 0.2) is 0 Å². The third-order valence-corrected chi connectivity index (χ3v) is 3.69. The first-order valence-electron chi connectivity index (χ1n) is 6.22. The van der Waals surface area contributed by atoms with Crippen molar-refractivity contribution in [2.24, 2.45) is 5.41 Å². The maximum atomic E-state index is 5.85. The van der Waals surface area contributed by atoms with E-state index in [1.165, 1.54) is 25.7 Å². The summed E-state index contributed by atoms with van der Waals surface area (Å²) in [6, 6.07) is 2.47. The molecule has 0 aliphatic heterocycles. The number of nitrogens with zero attached hydrogens (tertiary/aromatic N) is 2. The average molecular weight is 254 g/mol. The van der Waals surface area contributed by atoms with Crippen LogP contribution in [0.25, 0.3) is 0 Å². The molecule has 0 aromatic carbocycles. The number of aromatic nitrogens is 2. The fourth-order valence-corrected chi connectivity index (χ4v) is 2.58. The maximum absolute atomic E-state index is 5.85. The Morgan fingerprint density at radius 1 is 1.29 bits per heavy atom. The summed E-state index contributed by atoms with van der Waals surface area (Å²) in [5.41, 5.74) is 1.40. The Bertz CT molecular complexity index is 373. The van der Waals surface area contributed by atoms with Crippen molar-refractivity contribution in [3.05, 3.63) is 17.0 Å². The Balaban J connectivity index is 1.97. The number of hydrogen-bond donors (Lipinski definition) is 1. The van der Waals surface area contributed by atoms with Crippen molar-refractivity contribution in [2.75, 3.05) is 5.32 Å². The van der Waals surface area contributed by atoms with Gasteiger partial charge in [0, 0.05) is 17.8 Å². The normalized spacial score (nSPS) is 20.2. The molecule has 0 atom stereocenters. The smallest absolute Gasteiger partial charge is 0.224 e. The lowest BCUT2D eigenvalue weighted by atomic mass is 9.75. The highest BCUT2D eigenvalue weighted by Gasteiger charge is 2.26. The monoisotopic (exact) mass is 253 g/mol. The fourth-order valence-electron chi connectivity index (χ4n) is 2.36. The molecule has 1 aromatic heterocycles. The van der Waals surface area contributed by atoms with Gasteiger partial charge in [-0.1, -0.05) is 13.8 Å².